The molecule has 3 aromatic rings. The Morgan fingerprint density at radius 2 is 1.72 bits per heavy atom. The molecule has 0 saturated carbocycles. The van der Waals surface area contributed by atoms with Crippen LogP contribution < -0.4 is 9.64 Å². The summed E-state index contributed by atoms with van der Waals surface area (Å²) in [6, 6.07) is 8.17. The highest BCUT2D eigenvalue weighted by Crippen LogP contribution is 2.36. The highest BCUT2D eigenvalue weighted by atomic mass is 16.5. The SMILES string of the molecule is COc1ccc(-c2c(C)[nH]c3c(N4CCCCC4)nc(C)nc23)cc1. The maximum absolute atomic E-state index is 5.28. The maximum atomic E-state index is 5.28. The second-order valence-electron chi connectivity index (χ2n) is 6.72. The van der Waals surface area contributed by atoms with Gasteiger partial charge in [0.05, 0.1) is 7.11 Å². The van der Waals surface area contributed by atoms with E-state index in [9.17, 15) is 0 Å². The number of hydrogen-bond donors (Lipinski definition) is 1. The number of piperidine rings is 1. The Hall–Kier alpha value is -2.56. The number of nitrogens with one attached hydrogen (secondary N) is 1. The number of aromatic nitrogens is 3. The molecule has 1 aliphatic heterocycles. The van der Waals surface area contributed by atoms with Crippen LogP contribution in [0.15, 0.2) is 24.3 Å². The second kappa shape index (κ2) is 6.39. The van der Waals surface area contributed by atoms with Gasteiger partial charge in [-0.1, -0.05) is 12.1 Å². The van der Waals surface area contributed by atoms with E-state index in [4.69, 9.17) is 14.7 Å². The van der Waals surface area contributed by atoms with E-state index in [0.29, 0.717) is 0 Å². The van der Waals surface area contributed by atoms with E-state index in [0.717, 1.165) is 58.3 Å². The molecule has 0 spiro atoms. The predicted molar refractivity (Wildman–Crippen MR) is 101 cm³/mol. The van der Waals surface area contributed by atoms with Gasteiger partial charge in [-0.2, -0.15) is 0 Å². The lowest BCUT2D eigenvalue weighted by Crippen LogP contribution is -2.30. The maximum Gasteiger partial charge on any atom is 0.156 e. The zero-order valence-corrected chi connectivity index (χ0v) is 15.1. The summed E-state index contributed by atoms with van der Waals surface area (Å²) in [4.78, 5) is 15.5. The number of fused-ring (bicyclic) bond motifs is 1. The van der Waals surface area contributed by atoms with Crippen LogP contribution in [0, 0.1) is 13.8 Å². The zero-order valence-electron chi connectivity index (χ0n) is 15.1. The number of rotatable bonds is 3. The summed E-state index contributed by atoms with van der Waals surface area (Å²) in [7, 11) is 1.69. The molecule has 1 aromatic carbocycles. The van der Waals surface area contributed by atoms with E-state index < -0.39 is 0 Å². The topological polar surface area (TPSA) is 54.0 Å². The Balaban J connectivity index is 1.87. The fourth-order valence-corrected chi connectivity index (χ4v) is 3.73. The Morgan fingerprint density at radius 3 is 2.40 bits per heavy atom. The third kappa shape index (κ3) is 2.84. The average molecular weight is 336 g/mol. The average Bonchev–Trinajstić information content (AvgIpc) is 2.97. The van der Waals surface area contributed by atoms with Crippen LogP contribution in [0.3, 0.4) is 0 Å². The summed E-state index contributed by atoms with van der Waals surface area (Å²) in [5, 5.41) is 0. The molecule has 1 saturated heterocycles. The summed E-state index contributed by atoms with van der Waals surface area (Å²) >= 11 is 0. The van der Waals surface area contributed by atoms with Crippen molar-refractivity contribution in [3.8, 4) is 16.9 Å². The van der Waals surface area contributed by atoms with E-state index in [-0.39, 0.29) is 0 Å². The number of aromatic amines is 1. The largest absolute Gasteiger partial charge is 0.497 e. The van der Waals surface area contributed by atoms with Crippen molar-refractivity contribution in [3.63, 3.8) is 0 Å². The van der Waals surface area contributed by atoms with Crippen LogP contribution in [0.1, 0.15) is 30.8 Å². The molecule has 1 aliphatic rings. The van der Waals surface area contributed by atoms with Crippen molar-refractivity contribution in [1.82, 2.24) is 15.0 Å². The van der Waals surface area contributed by atoms with Crippen LogP contribution in [0.25, 0.3) is 22.2 Å². The standard InChI is InChI=1S/C20H24N4O/c1-13-17(15-7-9-16(25-3)10-8-15)18-19(21-13)20(23-14(2)22-18)24-11-5-4-6-12-24/h7-10,21H,4-6,11-12H2,1-3H3. The number of aryl methyl sites for hydroxylation is 2. The third-order valence-electron chi connectivity index (χ3n) is 4.96. The van der Waals surface area contributed by atoms with Crippen LogP contribution in [-0.4, -0.2) is 35.2 Å². The van der Waals surface area contributed by atoms with Crippen molar-refractivity contribution < 1.29 is 4.74 Å². The molecule has 5 heteroatoms. The van der Waals surface area contributed by atoms with E-state index in [2.05, 4.69) is 28.9 Å². The Kier molecular flexibility index (Phi) is 4.07. The molecule has 0 bridgehead atoms. The van der Waals surface area contributed by atoms with Gasteiger partial charge in [-0.05, 0) is 50.8 Å². The normalized spacial score (nSPS) is 14.9. The van der Waals surface area contributed by atoms with Gasteiger partial charge >= 0.3 is 0 Å². The number of nitrogens with zero attached hydrogens (tertiary/aromatic N) is 3. The summed E-state index contributed by atoms with van der Waals surface area (Å²) in [6.45, 7) is 6.23. The first kappa shape index (κ1) is 15.9. The number of hydrogen-bond acceptors (Lipinski definition) is 4. The first-order valence-electron chi connectivity index (χ1n) is 8.93. The molecule has 0 unspecified atom stereocenters. The van der Waals surface area contributed by atoms with Gasteiger partial charge in [0.25, 0.3) is 0 Å². The van der Waals surface area contributed by atoms with Crippen LogP contribution in [0.5, 0.6) is 5.75 Å². The number of H-pyrrole nitrogens is 1. The molecule has 130 valence electrons. The molecule has 4 rings (SSSR count). The summed E-state index contributed by atoms with van der Waals surface area (Å²) in [5.41, 5.74) is 5.48. The van der Waals surface area contributed by atoms with Crippen molar-refractivity contribution in [2.24, 2.45) is 0 Å². The van der Waals surface area contributed by atoms with Gasteiger partial charge in [-0.3, -0.25) is 0 Å². The molecule has 25 heavy (non-hydrogen) atoms. The van der Waals surface area contributed by atoms with Gasteiger partial charge in [-0.25, -0.2) is 9.97 Å². The minimum atomic E-state index is 0.821. The lowest BCUT2D eigenvalue weighted by Gasteiger charge is -2.28. The molecular weight excluding hydrogens is 312 g/mol. The molecule has 1 N–H and O–H groups in total. The molecule has 5 nitrogen and oxygen atoms in total. The molecule has 3 heterocycles. The molecule has 2 aromatic heterocycles. The molecule has 0 aliphatic carbocycles. The van der Waals surface area contributed by atoms with E-state index in [1.807, 2.05) is 19.1 Å². The fourth-order valence-electron chi connectivity index (χ4n) is 3.73. The van der Waals surface area contributed by atoms with Gasteiger partial charge in [0, 0.05) is 24.3 Å². The van der Waals surface area contributed by atoms with Crippen molar-refractivity contribution in [3.05, 3.63) is 35.8 Å². The lowest BCUT2D eigenvalue weighted by atomic mass is 10.0. The number of ether oxygens (including phenoxy) is 1. The van der Waals surface area contributed by atoms with Crippen LogP contribution in [-0.2, 0) is 0 Å². The van der Waals surface area contributed by atoms with Crippen molar-refractivity contribution >= 4 is 16.9 Å². The Labute approximate surface area is 148 Å². The minimum Gasteiger partial charge on any atom is -0.497 e. The summed E-state index contributed by atoms with van der Waals surface area (Å²) in [6.07, 6.45) is 3.77. The molecule has 1 fully saturated rings. The molecule has 0 amide bonds. The van der Waals surface area contributed by atoms with Crippen molar-refractivity contribution in [1.29, 1.82) is 0 Å². The Bertz CT molecular complexity index is 892. The summed E-state index contributed by atoms with van der Waals surface area (Å²) in [5.74, 6) is 2.73. The molecule has 0 atom stereocenters. The first-order chi connectivity index (χ1) is 12.2. The number of benzene rings is 1. The minimum absolute atomic E-state index is 0.821. The quantitative estimate of drug-likeness (QED) is 0.777. The van der Waals surface area contributed by atoms with Crippen molar-refractivity contribution in [2.75, 3.05) is 25.1 Å². The van der Waals surface area contributed by atoms with Gasteiger partial charge < -0.3 is 14.6 Å². The van der Waals surface area contributed by atoms with E-state index in [1.165, 1.54) is 19.3 Å². The third-order valence-corrected chi connectivity index (χ3v) is 4.96. The van der Waals surface area contributed by atoms with E-state index >= 15 is 0 Å². The number of methoxy groups -OCH3 is 1. The highest BCUT2D eigenvalue weighted by molar-refractivity contribution is 5.99. The van der Waals surface area contributed by atoms with Gasteiger partial charge in [0.1, 0.15) is 22.6 Å². The molecular formula is C20H24N4O. The smallest absolute Gasteiger partial charge is 0.156 e. The highest BCUT2D eigenvalue weighted by Gasteiger charge is 2.21. The Morgan fingerprint density at radius 1 is 1.00 bits per heavy atom. The first-order valence-corrected chi connectivity index (χ1v) is 8.93. The van der Waals surface area contributed by atoms with Gasteiger partial charge in [-0.15, -0.1) is 0 Å². The van der Waals surface area contributed by atoms with Crippen LogP contribution >= 0.6 is 0 Å². The van der Waals surface area contributed by atoms with Crippen LogP contribution in [0.4, 0.5) is 5.82 Å². The van der Waals surface area contributed by atoms with Crippen LogP contribution in [0.2, 0.25) is 0 Å². The van der Waals surface area contributed by atoms with Gasteiger partial charge in [0.2, 0.25) is 0 Å². The van der Waals surface area contributed by atoms with E-state index in [1.54, 1.807) is 7.11 Å². The monoisotopic (exact) mass is 336 g/mol. The second-order valence-corrected chi connectivity index (χ2v) is 6.72. The predicted octanol–water partition coefficient (Wildman–Crippen LogP) is 4.24. The lowest BCUT2D eigenvalue weighted by molar-refractivity contribution is 0.415. The summed E-state index contributed by atoms with van der Waals surface area (Å²) < 4.78 is 5.28. The fraction of sp³-hybridized carbons (Fsp3) is 0.400. The zero-order chi connectivity index (χ0) is 17.4. The van der Waals surface area contributed by atoms with Crippen molar-refractivity contribution in [2.45, 2.75) is 33.1 Å². The number of anilines is 1. The molecule has 0 radical (unpaired) electrons. The van der Waals surface area contributed by atoms with Gasteiger partial charge in [0.15, 0.2) is 5.82 Å².